The molecule has 0 radical (unpaired) electrons. The van der Waals surface area contributed by atoms with Crippen molar-refractivity contribution in [3.8, 4) is 5.75 Å². The van der Waals surface area contributed by atoms with Crippen LogP contribution in [0.1, 0.15) is 12.0 Å². The third kappa shape index (κ3) is 6.48. The number of ether oxygens (including phenoxy) is 2. The van der Waals surface area contributed by atoms with Gasteiger partial charge in [-0.2, -0.15) is 0 Å². The Morgan fingerprint density at radius 2 is 2.00 bits per heavy atom. The van der Waals surface area contributed by atoms with E-state index in [9.17, 15) is 0 Å². The van der Waals surface area contributed by atoms with Gasteiger partial charge in [0.15, 0.2) is 0 Å². The lowest BCUT2D eigenvalue weighted by Crippen LogP contribution is -2.03. The van der Waals surface area contributed by atoms with Crippen LogP contribution in [0, 0.1) is 0 Å². The molecule has 3 heteroatoms. The van der Waals surface area contributed by atoms with E-state index in [4.69, 9.17) is 15.2 Å². The van der Waals surface area contributed by atoms with E-state index in [2.05, 4.69) is 6.58 Å². The van der Waals surface area contributed by atoms with Gasteiger partial charge < -0.3 is 15.2 Å². The highest BCUT2D eigenvalue weighted by atomic mass is 16.5. The Morgan fingerprint density at radius 3 is 2.63 bits per heavy atom. The Hall–Kier alpha value is -2.00. The molecule has 1 aromatic rings. The Bertz CT molecular complexity index is 433. The highest BCUT2D eigenvalue weighted by Crippen LogP contribution is 2.12. The van der Waals surface area contributed by atoms with Crippen LogP contribution >= 0.6 is 0 Å². The van der Waals surface area contributed by atoms with Gasteiger partial charge in [0.25, 0.3) is 0 Å². The van der Waals surface area contributed by atoms with Crippen LogP contribution in [0.25, 0.3) is 6.08 Å². The Labute approximate surface area is 115 Å². The van der Waals surface area contributed by atoms with E-state index in [1.165, 1.54) is 0 Å². The van der Waals surface area contributed by atoms with E-state index in [0.29, 0.717) is 18.9 Å². The first kappa shape index (κ1) is 15.1. The van der Waals surface area contributed by atoms with E-state index in [1.807, 2.05) is 48.6 Å². The minimum atomic E-state index is 0.613. The van der Waals surface area contributed by atoms with Gasteiger partial charge in [-0.15, -0.1) is 0 Å². The van der Waals surface area contributed by atoms with Crippen molar-refractivity contribution >= 4 is 6.08 Å². The summed E-state index contributed by atoms with van der Waals surface area (Å²) in [6.45, 7) is 5.04. The first-order chi connectivity index (χ1) is 9.26. The Balaban J connectivity index is 2.37. The van der Waals surface area contributed by atoms with E-state index >= 15 is 0 Å². The maximum absolute atomic E-state index is 5.37. The highest BCUT2D eigenvalue weighted by Gasteiger charge is 1.89. The summed E-state index contributed by atoms with van der Waals surface area (Å²) < 4.78 is 10.5. The van der Waals surface area contributed by atoms with Crippen LogP contribution in [-0.2, 0) is 4.74 Å². The maximum Gasteiger partial charge on any atom is 0.118 e. The molecule has 0 amide bonds. The van der Waals surface area contributed by atoms with E-state index < -0.39 is 0 Å². The molecule has 0 spiro atoms. The van der Waals surface area contributed by atoms with Crippen LogP contribution in [-0.4, -0.2) is 20.3 Å². The van der Waals surface area contributed by atoms with Crippen LogP contribution < -0.4 is 10.5 Å². The fourth-order valence-electron chi connectivity index (χ4n) is 1.38. The fraction of sp³-hybridized carbons (Fsp3) is 0.250. The van der Waals surface area contributed by atoms with Gasteiger partial charge in [0.05, 0.1) is 13.7 Å². The molecule has 0 fully saturated rings. The molecule has 0 aliphatic carbocycles. The summed E-state index contributed by atoms with van der Waals surface area (Å²) in [5, 5.41) is 0. The first-order valence-electron chi connectivity index (χ1n) is 6.27. The quantitative estimate of drug-likeness (QED) is 0.443. The summed E-state index contributed by atoms with van der Waals surface area (Å²) in [6.07, 6.45) is 8.52. The predicted octanol–water partition coefficient (Wildman–Crippen LogP) is 3.14. The summed E-state index contributed by atoms with van der Waals surface area (Å²) in [7, 11) is 1.66. The molecule has 1 aromatic carbocycles. The smallest absolute Gasteiger partial charge is 0.118 e. The van der Waals surface area contributed by atoms with Gasteiger partial charge in [-0.05, 0) is 36.7 Å². The molecule has 0 aliphatic rings. The number of nitrogens with two attached hydrogens (primary N) is 1. The van der Waals surface area contributed by atoms with Crippen LogP contribution in [0.4, 0.5) is 0 Å². The third-order valence-electron chi connectivity index (χ3n) is 2.43. The predicted molar refractivity (Wildman–Crippen MR) is 79.9 cm³/mol. The molecule has 0 saturated carbocycles. The minimum absolute atomic E-state index is 0.613. The zero-order chi connectivity index (χ0) is 13.9. The van der Waals surface area contributed by atoms with Gasteiger partial charge >= 0.3 is 0 Å². The van der Waals surface area contributed by atoms with Crippen LogP contribution in [0.5, 0.6) is 5.75 Å². The lowest BCUT2D eigenvalue weighted by Gasteiger charge is -2.02. The lowest BCUT2D eigenvalue weighted by molar-refractivity contribution is 0.224. The monoisotopic (exact) mass is 259 g/mol. The van der Waals surface area contributed by atoms with Crippen molar-refractivity contribution in [2.75, 3.05) is 20.3 Å². The largest absolute Gasteiger partial charge is 0.497 e. The first-order valence-corrected chi connectivity index (χ1v) is 6.27. The summed E-state index contributed by atoms with van der Waals surface area (Å²) in [5.41, 5.74) is 6.48. The van der Waals surface area contributed by atoms with Gasteiger partial charge in [-0.1, -0.05) is 36.9 Å². The zero-order valence-corrected chi connectivity index (χ0v) is 11.3. The highest BCUT2D eigenvalue weighted by molar-refractivity contribution is 5.52. The topological polar surface area (TPSA) is 44.5 Å². The molecular weight excluding hydrogens is 238 g/mol. The summed E-state index contributed by atoms with van der Waals surface area (Å²) >= 11 is 0. The SMILES string of the molecule is C=C(/C=C/C=C/c1ccc(OC)cc1)OCCCN. The molecule has 0 aromatic heterocycles. The summed E-state index contributed by atoms with van der Waals surface area (Å²) in [6, 6.07) is 7.85. The standard InChI is InChI=1S/C16H21NO2/c1-14(19-13-5-12-17)6-3-4-7-15-8-10-16(18-2)11-9-15/h3-4,6-11H,1,5,12-13,17H2,2H3/b6-3+,7-4+. The molecule has 0 heterocycles. The molecule has 1 rings (SSSR count). The normalized spacial score (nSPS) is 11.1. The van der Waals surface area contributed by atoms with E-state index in [0.717, 1.165) is 17.7 Å². The maximum atomic E-state index is 5.37. The molecule has 19 heavy (non-hydrogen) atoms. The van der Waals surface area contributed by atoms with Gasteiger partial charge in [0.1, 0.15) is 11.5 Å². The van der Waals surface area contributed by atoms with Gasteiger partial charge in [-0.25, -0.2) is 0 Å². The molecule has 0 atom stereocenters. The van der Waals surface area contributed by atoms with Crippen LogP contribution in [0.3, 0.4) is 0 Å². The van der Waals surface area contributed by atoms with E-state index in [1.54, 1.807) is 7.11 Å². The molecule has 0 saturated heterocycles. The number of benzene rings is 1. The second kappa shape index (κ2) is 9.00. The number of hydrogen-bond donors (Lipinski definition) is 1. The average Bonchev–Trinajstić information content (AvgIpc) is 2.44. The minimum Gasteiger partial charge on any atom is -0.497 e. The number of hydrogen-bond acceptors (Lipinski definition) is 3. The lowest BCUT2D eigenvalue weighted by atomic mass is 10.2. The van der Waals surface area contributed by atoms with Crippen molar-refractivity contribution in [3.05, 3.63) is 60.4 Å². The van der Waals surface area contributed by atoms with E-state index in [-0.39, 0.29) is 0 Å². The van der Waals surface area contributed by atoms with Gasteiger partial charge in [-0.3, -0.25) is 0 Å². The third-order valence-corrected chi connectivity index (χ3v) is 2.43. The van der Waals surface area contributed by atoms with Gasteiger partial charge in [0.2, 0.25) is 0 Å². The van der Waals surface area contributed by atoms with Crippen molar-refractivity contribution in [1.82, 2.24) is 0 Å². The summed E-state index contributed by atoms with van der Waals surface area (Å²) in [4.78, 5) is 0. The summed E-state index contributed by atoms with van der Waals surface area (Å²) in [5.74, 6) is 1.50. The molecule has 0 unspecified atom stereocenters. The van der Waals surface area contributed by atoms with Crippen molar-refractivity contribution in [1.29, 1.82) is 0 Å². The second-order valence-electron chi connectivity index (χ2n) is 3.95. The Morgan fingerprint density at radius 1 is 1.26 bits per heavy atom. The molecular formula is C16H21NO2. The fourth-order valence-corrected chi connectivity index (χ4v) is 1.38. The Kier molecular flexibility index (Phi) is 7.13. The van der Waals surface area contributed by atoms with Crippen molar-refractivity contribution in [3.63, 3.8) is 0 Å². The van der Waals surface area contributed by atoms with Crippen molar-refractivity contribution in [2.24, 2.45) is 5.73 Å². The van der Waals surface area contributed by atoms with Crippen LogP contribution in [0.15, 0.2) is 54.8 Å². The van der Waals surface area contributed by atoms with Crippen molar-refractivity contribution < 1.29 is 9.47 Å². The molecule has 102 valence electrons. The van der Waals surface area contributed by atoms with Crippen molar-refractivity contribution in [2.45, 2.75) is 6.42 Å². The zero-order valence-electron chi connectivity index (χ0n) is 11.3. The van der Waals surface area contributed by atoms with Crippen LogP contribution in [0.2, 0.25) is 0 Å². The average molecular weight is 259 g/mol. The number of allylic oxidation sites excluding steroid dienone is 3. The second-order valence-corrected chi connectivity index (χ2v) is 3.95. The van der Waals surface area contributed by atoms with Gasteiger partial charge in [0, 0.05) is 0 Å². The molecule has 3 nitrogen and oxygen atoms in total. The molecule has 0 aliphatic heterocycles. The number of methoxy groups -OCH3 is 1. The molecule has 2 N–H and O–H groups in total. The molecule has 0 bridgehead atoms. The number of rotatable bonds is 8.